The molecular weight excluding hydrogens is 292 g/mol. The van der Waals surface area contributed by atoms with E-state index in [0.717, 1.165) is 24.5 Å². The lowest BCUT2D eigenvalue weighted by molar-refractivity contribution is -0.0545. The predicted molar refractivity (Wildman–Crippen MR) is 89.5 cm³/mol. The maximum atomic E-state index is 12.3. The molecule has 3 heterocycles. The van der Waals surface area contributed by atoms with Crippen LogP contribution in [-0.2, 0) is 11.3 Å². The Hall–Kier alpha value is -1.82. The molecule has 2 saturated heterocycles. The van der Waals surface area contributed by atoms with Crippen molar-refractivity contribution in [3.63, 3.8) is 0 Å². The molecule has 0 saturated carbocycles. The number of nitrogens with zero attached hydrogens (tertiary/aromatic N) is 3. The minimum atomic E-state index is -0.0318. The Morgan fingerprint density at radius 1 is 1.26 bits per heavy atom. The largest absolute Gasteiger partial charge is 0.372 e. The molecule has 6 heteroatoms. The molecule has 1 aromatic rings. The van der Waals surface area contributed by atoms with E-state index in [2.05, 4.69) is 15.2 Å². The minimum Gasteiger partial charge on any atom is -0.372 e. The Balaban J connectivity index is 1.50. The third kappa shape index (κ3) is 4.13. The summed E-state index contributed by atoms with van der Waals surface area (Å²) in [5.74, 6) is 1.04. The number of aromatic nitrogens is 1. The van der Waals surface area contributed by atoms with Gasteiger partial charge in [0.25, 0.3) is 0 Å². The highest BCUT2D eigenvalue weighted by Crippen LogP contribution is 2.17. The average Bonchev–Trinajstić information content (AvgIpc) is 3.06. The number of hydrogen-bond acceptors (Lipinski definition) is 4. The van der Waals surface area contributed by atoms with Crippen LogP contribution in [0, 0.1) is 0 Å². The lowest BCUT2D eigenvalue weighted by atomic mass is 10.2. The molecule has 2 atom stereocenters. The van der Waals surface area contributed by atoms with Gasteiger partial charge in [0.15, 0.2) is 0 Å². The van der Waals surface area contributed by atoms with Crippen LogP contribution in [0.2, 0.25) is 0 Å². The van der Waals surface area contributed by atoms with Gasteiger partial charge >= 0.3 is 6.03 Å². The molecule has 126 valence electrons. The standard InChI is InChI=1S/C17H26N4O2/c1-13-11-21(12-14(2)23-13)17(22)19-10-15-5-6-16(18-9-15)20-7-3-4-8-20/h5-6,9,13-14H,3-4,7-8,10-12H2,1-2H3,(H,19,22)/t13-,14-/m1/s1. The fraction of sp³-hybridized carbons (Fsp3) is 0.647. The Bertz CT molecular complexity index is 518. The summed E-state index contributed by atoms with van der Waals surface area (Å²) in [6.45, 7) is 7.97. The number of pyridine rings is 1. The van der Waals surface area contributed by atoms with Gasteiger partial charge < -0.3 is 19.9 Å². The first-order chi connectivity index (χ1) is 11.1. The summed E-state index contributed by atoms with van der Waals surface area (Å²) in [4.78, 5) is 20.9. The van der Waals surface area contributed by atoms with Crippen molar-refractivity contribution in [1.82, 2.24) is 15.2 Å². The zero-order valence-electron chi connectivity index (χ0n) is 14.0. The summed E-state index contributed by atoms with van der Waals surface area (Å²) < 4.78 is 5.65. The molecule has 0 aromatic carbocycles. The molecule has 0 radical (unpaired) electrons. The van der Waals surface area contributed by atoms with Crippen LogP contribution in [0.25, 0.3) is 0 Å². The fourth-order valence-corrected chi connectivity index (χ4v) is 3.29. The van der Waals surface area contributed by atoms with Gasteiger partial charge in [-0.2, -0.15) is 0 Å². The molecule has 23 heavy (non-hydrogen) atoms. The number of ether oxygens (including phenoxy) is 1. The van der Waals surface area contributed by atoms with Crippen LogP contribution in [0.1, 0.15) is 32.3 Å². The molecule has 0 bridgehead atoms. The van der Waals surface area contributed by atoms with E-state index in [9.17, 15) is 4.79 Å². The van der Waals surface area contributed by atoms with Gasteiger partial charge in [-0.25, -0.2) is 9.78 Å². The van der Waals surface area contributed by atoms with Crippen molar-refractivity contribution in [2.75, 3.05) is 31.1 Å². The van der Waals surface area contributed by atoms with Crippen molar-refractivity contribution in [2.45, 2.75) is 45.4 Å². The van der Waals surface area contributed by atoms with E-state index in [1.165, 1.54) is 12.8 Å². The van der Waals surface area contributed by atoms with Crippen LogP contribution in [0.4, 0.5) is 10.6 Å². The van der Waals surface area contributed by atoms with Gasteiger partial charge in [-0.3, -0.25) is 0 Å². The van der Waals surface area contributed by atoms with Crippen molar-refractivity contribution in [2.24, 2.45) is 0 Å². The number of morpholine rings is 1. The van der Waals surface area contributed by atoms with Gasteiger partial charge in [0.2, 0.25) is 0 Å². The van der Waals surface area contributed by atoms with E-state index >= 15 is 0 Å². The lowest BCUT2D eigenvalue weighted by Gasteiger charge is -2.35. The molecule has 0 spiro atoms. The summed E-state index contributed by atoms with van der Waals surface area (Å²) in [6.07, 6.45) is 4.53. The molecule has 0 aliphatic carbocycles. The number of carbonyl (C=O) groups is 1. The first kappa shape index (κ1) is 16.1. The summed E-state index contributed by atoms with van der Waals surface area (Å²) in [5, 5.41) is 2.98. The van der Waals surface area contributed by atoms with E-state index in [1.807, 2.05) is 37.1 Å². The first-order valence-corrected chi connectivity index (χ1v) is 8.50. The monoisotopic (exact) mass is 318 g/mol. The third-order valence-corrected chi connectivity index (χ3v) is 4.39. The smallest absolute Gasteiger partial charge is 0.317 e. The second kappa shape index (κ2) is 7.17. The van der Waals surface area contributed by atoms with Crippen LogP contribution in [0.3, 0.4) is 0 Å². The third-order valence-electron chi connectivity index (χ3n) is 4.39. The zero-order valence-corrected chi connectivity index (χ0v) is 14.0. The molecule has 1 N–H and O–H groups in total. The number of urea groups is 1. The van der Waals surface area contributed by atoms with Crippen molar-refractivity contribution in [3.8, 4) is 0 Å². The summed E-state index contributed by atoms with van der Waals surface area (Å²) >= 11 is 0. The second-order valence-corrected chi connectivity index (χ2v) is 6.54. The Labute approximate surface area is 137 Å². The van der Waals surface area contributed by atoms with E-state index in [1.54, 1.807) is 0 Å². The number of amides is 2. The minimum absolute atomic E-state index is 0.0318. The lowest BCUT2D eigenvalue weighted by Crippen LogP contribution is -2.51. The highest BCUT2D eigenvalue weighted by molar-refractivity contribution is 5.74. The van der Waals surface area contributed by atoms with Gasteiger partial charge in [0.1, 0.15) is 5.82 Å². The van der Waals surface area contributed by atoms with E-state index in [4.69, 9.17) is 4.74 Å². The van der Waals surface area contributed by atoms with E-state index in [0.29, 0.717) is 19.6 Å². The average molecular weight is 318 g/mol. The van der Waals surface area contributed by atoms with Gasteiger partial charge in [-0.05, 0) is 38.3 Å². The molecular formula is C17H26N4O2. The zero-order chi connectivity index (χ0) is 16.2. The van der Waals surface area contributed by atoms with E-state index in [-0.39, 0.29) is 18.2 Å². The SMILES string of the molecule is C[C@@H]1CN(C(=O)NCc2ccc(N3CCCC3)nc2)C[C@@H](C)O1. The molecule has 2 aliphatic heterocycles. The molecule has 0 unspecified atom stereocenters. The molecule has 2 amide bonds. The Morgan fingerprint density at radius 3 is 2.57 bits per heavy atom. The quantitative estimate of drug-likeness (QED) is 0.926. The number of hydrogen-bond donors (Lipinski definition) is 1. The summed E-state index contributed by atoms with van der Waals surface area (Å²) in [6, 6.07) is 4.06. The van der Waals surface area contributed by atoms with E-state index < -0.39 is 0 Å². The molecule has 1 aromatic heterocycles. The highest BCUT2D eigenvalue weighted by Gasteiger charge is 2.25. The highest BCUT2D eigenvalue weighted by atomic mass is 16.5. The second-order valence-electron chi connectivity index (χ2n) is 6.54. The van der Waals surface area contributed by atoms with Crippen LogP contribution >= 0.6 is 0 Å². The number of nitrogens with one attached hydrogen (secondary N) is 1. The Kier molecular flexibility index (Phi) is 5.00. The molecule has 6 nitrogen and oxygen atoms in total. The van der Waals surface area contributed by atoms with Gasteiger partial charge in [-0.15, -0.1) is 0 Å². The van der Waals surface area contributed by atoms with Crippen LogP contribution in [0.15, 0.2) is 18.3 Å². The number of carbonyl (C=O) groups excluding carboxylic acids is 1. The summed E-state index contributed by atoms with van der Waals surface area (Å²) in [7, 11) is 0. The van der Waals surface area contributed by atoms with Crippen molar-refractivity contribution in [1.29, 1.82) is 0 Å². The van der Waals surface area contributed by atoms with Crippen molar-refractivity contribution < 1.29 is 9.53 Å². The van der Waals surface area contributed by atoms with Gasteiger partial charge in [0, 0.05) is 38.9 Å². The van der Waals surface area contributed by atoms with Crippen LogP contribution in [-0.4, -0.2) is 54.3 Å². The van der Waals surface area contributed by atoms with Crippen LogP contribution < -0.4 is 10.2 Å². The van der Waals surface area contributed by atoms with Crippen LogP contribution in [0.5, 0.6) is 0 Å². The van der Waals surface area contributed by atoms with Crippen molar-refractivity contribution >= 4 is 11.8 Å². The van der Waals surface area contributed by atoms with Gasteiger partial charge in [0.05, 0.1) is 12.2 Å². The van der Waals surface area contributed by atoms with Gasteiger partial charge in [-0.1, -0.05) is 6.07 Å². The number of anilines is 1. The first-order valence-electron chi connectivity index (χ1n) is 8.50. The summed E-state index contributed by atoms with van der Waals surface area (Å²) in [5.41, 5.74) is 1.02. The molecule has 2 aliphatic rings. The maximum absolute atomic E-state index is 12.3. The molecule has 2 fully saturated rings. The Morgan fingerprint density at radius 2 is 1.96 bits per heavy atom. The fourth-order valence-electron chi connectivity index (χ4n) is 3.29. The molecule has 3 rings (SSSR count). The van der Waals surface area contributed by atoms with Crippen molar-refractivity contribution in [3.05, 3.63) is 23.9 Å². The normalized spacial score (nSPS) is 24.8. The predicted octanol–water partition coefficient (Wildman–Crippen LogP) is 2.00. The maximum Gasteiger partial charge on any atom is 0.317 e. The number of rotatable bonds is 3. The topological polar surface area (TPSA) is 57.7 Å².